The highest BCUT2D eigenvalue weighted by Gasteiger charge is 2.21. The van der Waals surface area contributed by atoms with Gasteiger partial charge >= 0.3 is 0 Å². The first-order valence-electron chi connectivity index (χ1n) is 6.22. The van der Waals surface area contributed by atoms with E-state index in [-0.39, 0.29) is 5.56 Å². The molecule has 4 heteroatoms. The third-order valence-electron chi connectivity index (χ3n) is 3.42. The van der Waals surface area contributed by atoms with E-state index in [4.69, 9.17) is 5.26 Å². The molecule has 1 fully saturated rings. The molecular formula is C14H17FN2S. The minimum atomic E-state index is -0.445. The Bertz CT molecular complexity index is 456. The fourth-order valence-electron chi connectivity index (χ4n) is 2.42. The van der Waals surface area contributed by atoms with E-state index in [1.807, 2.05) is 17.8 Å². The SMILES string of the molecule is CSC1CCCC(Nc2ccc(C#N)c(F)c2)C1. The Morgan fingerprint density at radius 1 is 1.44 bits per heavy atom. The molecule has 0 aromatic heterocycles. The Balaban J connectivity index is 2.01. The molecule has 1 aromatic carbocycles. The van der Waals surface area contributed by atoms with E-state index in [0.717, 1.165) is 18.5 Å². The van der Waals surface area contributed by atoms with Gasteiger partial charge in [0.15, 0.2) is 0 Å². The van der Waals surface area contributed by atoms with Gasteiger partial charge in [-0.05, 0) is 43.7 Å². The lowest BCUT2D eigenvalue weighted by Crippen LogP contribution is -2.28. The Kier molecular flexibility index (Phi) is 4.48. The lowest BCUT2D eigenvalue weighted by Gasteiger charge is -2.29. The zero-order valence-corrected chi connectivity index (χ0v) is 11.3. The lowest BCUT2D eigenvalue weighted by molar-refractivity contribution is 0.473. The van der Waals surface area contributed by atoms with Gasteiger partial charge in [0.25, 0.3) is 0 Å². The van der Waals surface area contributed by atoms with E-state index in [1.54, 1.807) is 6.07 Å². The maximum absolute atomic E-state index is 13.5. The summed E-state index contributed by atoms with van der Waals surface area (Å²) in [5.74, 6) is -0.445. The molecule has 2 unspecified atom stereocenters. The van der Waals surface area contributed by atoms with Crippen LogP contribution < -0.4 is 5.32 Å². The van der Waals surface area contributed by atoms with E-state index in [2.05, 4.69) is 11.6 Å². The van der Waals surface area contributed by atoms with Gasteiger partial charge in [0, 0.05) is 17.0 Å². The van der Waals surface area contributed by atoms with Crippen molar-refractivity contribution in [3.05, 3.63) is 29.6 Å². The number of nitriles is 1. The number of hydrogen-bond donors (Lipinski definition) is 1. The lowest BCUT2D eigenvalue weighted by atomic mass is 9.94. The molecule has 0 spiro atoms. The molecule has 0 amide bonds. The van der Waals surface area contributed by atoms with Gasteiger partial charge in [-0.2, -0.15) is 17.0 Å². The maximum atomic E-state index is 13.5. The molecule has 1 aliphatic carbocycles. The molecule has 2 rings (SSSR count). The van der Waals surface area contributed by atoms with Crippen molar-refractivity contribution in [2.45, 2.75) is 37.0 Å². The fraction of sp³-hybridized carbons (Fsp3) is 0.500. The summed E-state index contributed by atoms with van der Waals surface area (Å²) in [6, 6.07) is 6.99. The van der Waals surface area contributed by atoms with Gasteiger partial charge in [0.05, 0.1) is 5.56 Å². The van der Waals surface area contributed by atoms with Crippen LogP contribution in [0.4, 0.5) is 10.1 Å². The fourth-order valence-corrected chi connectivity index (χ4v) is 3.25. The predicted octanol–water partition coefficient (Wildman–Crippen LogP) is 3.78. The third-order valence-corrected chi connectivity index (χ3v) is 4.51. The first-order valence-corrected chi connectivity index (χ1v) is 7.50. The average Bonchev–Trinajstić information content (AvgIpc) is 2.39. The van der Waals surface area contributed by atoms with E-state index >= 15 is 0 Å². The number of hydrogen-bond acceptors (Lipinski definition) is 3. The normalized spacial score (nSPS) is 23.4. The minimum Gasteiger partial charge on any atom is -0.382 e. The van der Waals surface area contributed by atoms with Gasteiger partial charge in [0.1, 0.15) is 11.9 Å². The number of benzene rings is 1. The second-order valence-electron chi connectivity index (χ2n) is 4.67. The highest BCUT2D eigenvalue weighted by molar-refractivity contribution is 7.99. The first kappa shape index (κ1) is 13.2. The zero-order valence-electron chi connectivity index (χ0n) is 10.4. The zero-order chi connectivity index (χ0) is 13.0. The van der Waals surface area contributed by atoms with Crippen molar-refractivity contribution in [2.24, 2.45) is 0 Å². The summed E-state index contributed by atoms with van der Waals surface area (Å²) in [7, 11) is 0. The summed E-state index contributed by atoms with van der Waals surface area (Å²) in [4.78, 5) is 0. The molecule has 1 N–H and O–H groups in total. The van der Waals surface area contributed by atoms with Crippen molar-refractivity contribution in [2.75, 3.05) is 11.6 Å². The standard InChI is InChI=1S/C14H17FN2S/c1-18-13-4-2-3-11(7-13)17-12-6-5-10(9-16)14(15)8-12/h5-6,8,11,13,17H,2-4,7H2,1H3. The molecule has 1 aromatic rings. The maximum Gasteiger partial charge on any atom is 0.143 e. The molecule has 1 aliphatic rings. The first-order chi connectivity index (χ1) is 8.72. The molecule has 2 atom stereocenters. The van der Waals surface area contributed by atoms with E-state index in [9.17, 15) is 4.39 Å². The Labute approximate surface area is 112 Å². The highest BCUT2D eigenvalue weighted by atomic mass is 32.2. The Hall–Kier alpha value is -1.21. The van der Waals surface area contributed by atoms with Gasteiger partial charge in [0.2, 0.25) is 0 Å². The molecule has 2 nitrogen and oxygen atoms in total. The molecule has 0 bridgehead atoms. The van der Waals surface area contributed by atoms with Crippen LogP contribution in [0.5, 0.6) is 0 Å². The summed E-state index contributed by atoms with van der Waals surface area (Å²) >= 11 is 1.91. The van der Waals surface area contributed by atoms with Crippen LogP contribution in [0.15, 0.2) is 18.2 Å². The molecule has 0 aliphatic heterocycles. The van der Waals surface area contributed by atoms with Crippen molar-refractivity contribution >= 4 is 17.4 Å². The van der Waals surface area contributed by atoms with Crippen LogP contribution in [-0.4, -0.2) is 17.5 Å². The van der Waals surface area contributed by atoms with Crippen molar-refractivity contribution in [3.63, 3.8) is 0 Å². The Morgan fingerprint density at radius 3 is 2.94 bits per heavy atom. The van der Waals surface area contributed by atoms with Gasteiger partial charge in [-0.3, -0.25) is 0 Å². The highest BCUT2D eigenvalue weighted by Crippen LogP contribution is 2.29. The molecule has 96 valence electrons. The van der Waals surface area contributed by atoms with Gasteiger partial charge in [-0.1, -0.05) is 6.42 Å². The van der Waals surface area contributed by atoms with Gasteiger partial charge in [-0.25, -0.2) is 4.39 Å². The summed E-state index contributed by atoms with van der Waals surface area (Å²) in [5.41, 5.74) is 0.879. The van der Waals surface area contributed by atoms with Crippen LogP contribution in [0.25, 0.3) is 0 Å². The number of nitrogens with one attached hydrogen (secondary N) is 1. The second kappa shape index (κ2) is 6.10. The summed E-state index contributed by atoms with van der Waals surface area (Å²) < 4.78 is 13.5. The van der Waals surface area contributed by atoms with Crippen LogP contribution in [-0.2, 0) is 0 Å². The quantitative estimate of drug-likeness (QED) is 0.902. The van der Waals surface area contributed by atoms with Gasteiger partial charge < -0.3 is 5.32 Å². The molecular weight excluding hydrogens is 247 g/mol. The number of rotatable bonds is 3. The number of halogens is 1. The van der Waals surface area contributed by atoms with Crippen LogP contribution >= 0.6 is 11.8 Å². The van der Waals surface area contributed by atoms with Crippen LogP contribution in [0.3, 0.4) is 0 Å². The van der Waals surface area contributed by atoms with E-state index in [1.165, 1.54) is 25.0 Å². The molecule has 0 saturated heterocycles. The number of nitrogens with zero attached hydrogens (tertiary/aromatic N) is 1. The molecule has 0 heterocycles. The largest absolute Gasteiger partial charge is 0.382 e. The van der Waals surface area contributed by atoms with Crippen molar-refractivity contribution in [1.82, 2.24) is 0 Å². The average molecular weight is 264 g/mol. The van der Waals surface area contributed by atoms with Crippen LogP contribution in [0, 0.1) is 17.1 Å². The summed E-state index contributed by atoms with van der Waals surface area (Å²) in [6.45, 7) is 0. The van der Waals surface area contributed by atoms with Crippen LogP contribution in [0.2, 0.25) is 0 Å². The second-order valence-corrected chi connectivity index (χ2v) is 5.81. The van der Waals surface area contributed by atoms with Crippen molar-refractivity contribution in [3.8, 4) is 6.07 Å². The number of anilines is 1. The summed E-state index contributed by atoms with van der Waals surface area (Å²) in [6.07, 6.45) is 6.92. The summed E-state index contributed by atoms with van der Waals surface area (Å²) in [5, 5.41) is 12.8. The molecule has 18 heavy (non-hydrogen) atoms. The van der Waals surface area contributed by atoms with Crippen LogP contribution in [0.1, 0.15) is 31.2 Å². The smallest absolute Gasteiger partial charge is 0.143 e. The number of thioether (sulfide) groups is 1. The third kappa shape index (κ3) is 3.17. The minimum absolute atomic E-state index is 0.103. The van der Waals surface area contributed by atoms with E-state index < -0.39 is 5.82 Å². The monoisotopic (exact) mass is 264 g/mol. The topological polar surface area (TPSA) is 35.8 Å². The Morgan fingerprint density at radius 2 is 2.28 bits per heavy atom. The van der Waals surface area contributed by atoms with Gasteiger partial charge in [-0.15, -0.1) is 0 Å². The van der Waals surface area contributed by atoms with E-state index in [0.29, 0.717) is 11.3 Å². The predicted molar refractivity (Wildman–Crippen MR) is 74.3 cm³/mol. The van der Waals surface area contributed by atoms with Crippen molar-refractivity contribution in [1.29, 1.82) is 5.26 Å². The molecule has 1 saturated carbocycles. The van der Waals surface area contributed by atoms with Crippen molar-refractivity contribution < 1.29 is 4.39 Å². The molecule has 0 radical (unpaired) electrons.